The number of likely N-dealkylation sites (tertiary alicyclic amines) is 1. The third-order valence-corrected chi connectivity index (χ3v) is 5.38. The normalized spacial score (nSPS) is 39.2. The quantitative estimate of drug-likeness (QED) is 0.800. The van der Waals surface area contributed by atoms with Gasteiger partial charge in [-0.2, -0.15) is 0 Å². The molecule has 0 aromatic heterocycles. The lowest BCUT2D eigenvalue weighted by Crippen LogP contribution is -2.55. The van der Waals surface area contributed by atoms with Gasteiger partial charge in [-0.05, 0) is 32.2 Å². The lowest BCUT2D eigenvalue weighted by Gasteiger charge is -2.45. The van der Waals surface area contributed by atoms with Crippen LogP contribution in [0.4, 0.5) is 0 Å². The Morgan fingerprint density at radius 1 is 1.11 bits per heavy atom. The van der Waals surface area contributed by atoms with Gasteiger partial charge < -0.3 is 14.9 Å². The van der Waals surface area contributed by atoms with E-state index >= 15 is 0 Å². The maximum Gasteiger partial charge on any atom is 0.0583 e. The van der Waals surface area contributed by atoms with Gasteiger partial charge in [0.2, 0.25) is 0 Å². The average Bonchev–Trinajstić information content (AvgIpc) is 2.82. The van der Waals surface area contributed by atoms with Crippen LogP contribution in [0.1, 0.15) is 38.5 Å². The molecule has 0 radical (unpaired) electrons. The Kier molecular flexibility index (Phi) is 4.13. The van der Waals surface area contributed by atoms with E-state index < -0.39 is 0 Å². The summed E-state index contributed by atoms with van der Waals surface area (Å²) in [5.74, 6) is 0.452. The van der Waals surface area contributed by atoms with Gasteiger partial charge in [-0.15, -0.1) is 0 Å². The first-order valence-electron chi connectivity index (χ1n) is 7.85. The summed E-state index contributed by atoms with van der Waals surface area (Å²) in [7, 11) is 0. The number of ether oxygens (including phenoxy) is 1. The van der Waals surface area contributed by atoms with Crippen LogP contribution in [0.3, 0.4) is 0 Å². The van der Waals surface area contributed by atoms with E-state index in [9.17, 15) is 10.2 Å². The molecule has 3 atom stereocenters. The highest BCUT2D eigenvalue weighted by Crippen LogP contribution is 2.37. The van der Waals surface area contributed by atoms with E-state index in [1.54, 1.807) is 0 Å². The lowest BCUT2D eigenvalue weighted by atomic mass is 9.79. The monoisotopic (exact) mass is 269 g/mol. The van der Waals surface area contributed by atoms with Crippen LogP contribution < -0.4 is 0 Å². The molecule has 0 bridgehead atoms. The Balaban J connectivity index is 1.64. The van der Waals surface area contributed by atoms with E-state index in [1.807, 2.05) is 0 Å². The van der Waals surface area contributed by atoms with Crippen LogP contribution in [0.5, 0.6) is 0 Å². The van der Waals surface area contributed by atoms with Crippen molar-refractivity contribution in [2.75, 3.05) is 32.9 Å². The molecule has 4 nitrogen and oxygen atoms in total. The average molecular weight is 269 g/mol. The zero-order valence-electron chi connectivity index (χ0n) is 11.8. The summed E-state index contributed by atoms with van der Waals surface area (Å²) >= 11 is 0. The van der Waals surface area contributed by atoms with Crippen molar-refractivity contribution in [1.29, 1.82) is 0 Å². The van der Waals surface area contributed by atoms with Gasteiger partial charge in [0.25, 0.3) is 0 Å². The fourth-order valence-electron chi connectivity index (χ4n) is 4.18. The summed E-state index contributed by atoms with van der Waals surface area (Å²) in [5, 5.41) is 19.9. The van der Waals surface area contributed by atoms with Crippen LogP contribution in [0.15, 0.2) is 0 Å². The highest BCUT2D eigenvalue weighted by atomic mass is 16.5. The first-order chi connectivity index (χ1) is 9.24. The minimum atomic E-state index is -0.109. The third-order valence-electron chi connectivity index (χ3n) is 5.38. The van der Waals surface area contributed by atoms with Crippen LogP contribution in [-0.4, -0.2) is 60.2 Å². The van der Waals surface area contributed by atoms with Crippen LogP contribution >= 0.6 is 0 Å². The number of nitrogens with zero attached hydrogens (tertiary/aromatic N) is 1. The largest absolute Gasteiger partial charge is 0.396 e. The van der Waals surface area contributed by atoms with Gasteiger partial charge in [-0.25, -0.2) is 0 Å². The van der Waals surface area contributed by atoms with Gasteiger partial charge in [0.15, 0.2) is 0 Å². The predicted octanol–water partition coefficient (Wildman–Crippen LogP) is 1.01. The molecule has 0 spiro atoms. The third kappa shape index (κ3) is 2.68. The molecule has 2 saturated heterocycles. The van der Waals surface area contributed by atoms with E-state index in [2.05, 4.69) is 4.90 Å². The van der Waals surface area contributed by atoms with Gasteiger partial charge in [-0.1, -0.05) is 12.8 Å². The highest BCUT2D eigenvalue weighted by molar-refractivity contribution is 4.95. The Labute approximate surface area is 115 Å². The molecule has 0 aromatic carbocycles. The van der Waals surface area contributed by atoms with Crippen molar-refractivity contribution in [2.24, 2.45) is 11.3 Å². The molecule has 2 N–H and O–H groups in total. The second-order valence-electron chi connectivity index (χ2n) is 6.85. The Morgan fingerprint density at radius 3 is 2.53 bits per heavy atom. The Morgan fingerprint density at radius 2 is 1.89 bits per heavy atom. The van der Waals surface area contributed by atoms with Gasteiger partial charge in [0.05, 0.1) is 31.3 Å². The van der Waals surface area contributed by atoms with Gasteiger partial charge in [-0.3, -0.25) is 4.90 Å². The van der Waals surface area contributed by atoms with E-state index in [-0.39, 0.29) is 18.1 Å². The molecule has 0 amide bonds. The molecule has 1 aliphatic carbocycles. The summed E-state index contributed by atoms with van der Waals surface area (Å²) in [6.45, 7) is 3.68. The topological polar surface area (TPSA) is 52.9 Å². The van der Waals surface area contributed by atoms with Crippen molar-refractivity contribution in [3.05, 3.63) is 0 Å². The van der Waals surface area contributed by atoms with E-state index in [1.165, 1.54) is 32.1 Å². The SMILES string of the molecule is OCC1(CN2CCC[C@@H]2[C@H]2CCCC[C@@H]2O)COC1. The lowest BCUT2D eigenvalue weighted by molar-refractivity contribution is -0.152. The molecular formula is C15H27NO3. The molecule has 3 rings (SSSR count). The van der Waals surface area contributed by atoms with Crippen molar-refractivity contribution in [1.82, 2.24) is 4.90 Å². The van der Waals surface area contributed by atoms with Crippen molar-refractivity contribution < 1.29 is 14.9 Å². The first-order valence-corrected chi connectivity index (χ1v) is 7.85. The molecule has 3 aliphatic rings. The van der Waals surface area contributed by atoms with E-state index in [4.69, 9.17) is 4.74 Å². The molecule has 2 aliphatic heterocycles. The molecule has 3 fully saturated rings. The number of rotatable bonds is 4. The number of aliphatic hydroxyl groups is 2. The Hall–Kier alpha value is -0.160. The van der Waals surface area contributed by atoms with Gasteiger partial charge >= 0.3 is 0 Å². The van der Waals surface area contributed by atoms with Gasteiger partial charge in [0, 0.05) is 18.5 Å². The maximum atomic E-state index is 10.3. The summed E-state index contributed by atoms with van der Waals surface area (Å²) in [5.41, 5.74) is -0.0256. The first kappa shape index (κ1) is 13.8. The highest BCUT2D eigenvalue weighted by Gasteiger charge is 2.44. The molecule has 0 unspecified atom stereocenters. The minimum absolute atomic E-state index is 0.0256. The smallest absolute Gasteiger partial charge is 0.0583 e. The van der Waals surface area contributed by atoms with Gasteiger partial charge in [0.1, 0.15) is 0 Å². The molecular weight excluding hydrogens is 242 g/mol. The summed E-state index contributed by atoms with van der Waals surface area (Å²) in [6.07, 6.45) is 6.93. The molecule has 2 heterocycles. The maximum absolute atomic E-state index is 10.3. The molecule has 1 saturated carbocycles. The van der Waals surface area contributed by atoms with Crippen LogP contribution in [-0.2, 0) is 4.74 Å². The Bertz CT molecular complexity index is 300. The van der Waals surface area contributed by atoms with E-state index in [0.29, 0.717) is 25.2 Å². The predicted molar refractivity (Wildman–Crippen MR) is 72.9 cm³/mol. The van der Waals surface area contributed by atoms with Crippen molar-refractivity contribution >= 4 is 0 Å². The standard InChI is InChI=1S/C15H27NO3/c17-9-15(10-19-11-15)8-16-7-3-5-13(16)12-4-1-2-6-14(12)18/h12-14,17-18H,1-11H2/t12-,13-,14+/m1/s1. The van der Waals surface area contributed by atoms with Crippen LogP contribution in [0.2, 0.25) is 0 Å². The zero-order valence-corrected chi connectivity index (χ0v) is 11.8. The fourth-order valence-corrected chi connectivity index (χ4v) is 4.18. The van der Waals surface area contributed by atoms with Crippen LogP contribution in [0.25, 0.3) is 0 Å². The van der Waals surface area contributed by atoms with E-state index in [0.717, 1.165) is 19.5 Å². The number of hydrogen-bond donors (Lipinski definition) is 2. The summed E-state index contributed by atoms with van der Waals surface area (Å²) < 4.78 is 5.31. The fraction of sp³-hybridized carbons (Fsp3) is 1.00. The second kappa shape index (κ2) is 5.68. The molecule has 0 aromatic rings. The zero-order chi connectivity index (χ0) is 13.3. The number of aliphatic hydroxyl groups excluding tert-OH is 2. The minimum Gasteiger partial charge on any atom is -0.396 e. The van der Waals surface area contributed by atoms with Crippen molar-refractivity contribution in [3.63, 3.8) is 0 Å². The summed E-state index contributed by atoms with van der Waals surface area (Å²) in [4.78, 5) is 2.53. The number of hydrogen-bond acceptors (Lipinski definition) is 4. The van der Waals surface area contributed by atoms with Crippen molar-refractivity contribution in [2.45, 2.75) is 50.7 Å². The van der Waals surface area contributed by atoms with Crippen LogP contribution in [0, 0.1) is 11.3 Å². The molecule has 110 valence electrons. The second-order valence-corrected chi connectivity index (χ2v) is 6.85. The summed E-state index contributed by atoms with van der Waals surface area (Å²) in [6, 6.07) is 0.527. The molecule has 19 heavy (non-hydrogen) atoms. The van der Waals surface area contributed by atoms with Crippen molar-refractivity contribution in [3.8, 4) is 0 Å². The molecule has 4 heteroatoms.